The summed E-state index contributed by atoms with van der Waals surface area (Å²) in [5.41, 5.74) is 2.36. The Morgan fingerprint density at radius 2 is 1.89 bits per heavy atom. The van der Waals surface area contributed by atoms with Crippen LogP contribution in [0.4, 0.5) is 8.78 Å². The van der Waals surface area contributed by atoms with E-state index in [9.17, 15) is 23.8 Å². The Hall–Kier alpha value is -2.35. The maximum Gasteiger partial charge on any atom is 0.217 e. The van der Waals surface area contributed by atoms with Gasteiger partial charge in [0.1, 0.15) is 11.6 Å². The summed E-state index contributed by atoms with van der Waals surface area (Å²) >= 11 is 0. The van der Waals surface area contributed by atoms with E-state index in [2.05, 4.69) is 10.6 Å². The van der Waals surface area contributed by atoms with Gasteiger partial charge in [-0.1, -0.05) is 24.3 Å². The quantitative estimate of drug-likeness (QED) is 0.579. The van der Waals surface area contributed by atoms with Gasteiger partial charge >= 0.3 is 0 Å². The molecule has 0 heterocycles. The predicted molar refractivity (Wildman–Crippen MR) is 101 cm³/mol. The van der Waals surface area contributed by atoms with E-state index < -0.39 is 29.9 Å². The van der Waals surface area contributed by atoms with Crippen LogP contribution < -0.4 is 10.6 Å². The highest BCUT2D eigenvalue weighted by Gasteiger charge is 2.31. The molecule has 5 nitrogen and oxygen atoms in total. The fraction of sp³-hybridized carbons (Fsp3) is 0.381. The molecule has 0 aliphatic heterocycles. The largest absolute Gasteiger partial charge is 0.391 e. The van der Waals surface area contributed by atoms with Gasteiger partial charge in [-0.2, -0.15) is 0 Å². The van der Waals surface area contributed by atoms with E-state index >= 15 is 0 Å². The molecule has 4 N–H and O–H groups in total. The van der Waals surface area contributed by atoms with Crippen LogP contribution in [0.3, 0.4) is 0 Å². The third-order valence-electron chi connectivity index (χ3n) is 4.98. The Balaban J connectivity index is 1.68. The first-order valence-corrected chi connectivity index (χ1v) is 9.23. The van der Waals surface area contributed by atoms with E-state index in [0.29, 0.717) is 12.0 Å². The second-order valence-corrected chi connectivity index (χ2v) is 7.21. The second-order valence-electron chi connectivity index (χ2n) is 7.21. The van der Waals surface area contributed by atoms with Gasteiger partial charge in [-0.25, -0.2) is 8.78 Å². The molecule has 7 heteroatoms. The zero-order valence-electron chi connectivity index (χ0n) is 15.5. The molecular formula is C21H24F2N2O3. The van der Waals surface area contributed by atoms with Gasteiger partial charge in [0.25, 0.3) is 0 Å². The summed E-state index contributed by atoms with van der Waals surface area (Å²) in [6.45, 7) is 1.41. The van der Waals surface area contributed by atoms with Gasteiger partial charge < -0.3 is 20.8 Å². The minimum absolute atomic E-state index is 0.0704. The van der Waals surface area contributed by atoms with Crippen LogP contribution in [0.15, 0.2) is 42.5 Å². The van der Waals surface area contributed by atoms with E-state index in [1.165, 1.54) is 19.1 Å². The molecule has 0 unspecified atom stereocenters. The van der Waals surface area contributed by atoms with Crippen molar-refractivity contribution in [3.63, 3.8) is 0 Å². The van der Waals surface area contributed by atoms with Gasteiger partial charge in [0.15, 0.2) is 0 Å². The minimum Gasteiger partial charge on any atom is -0.391 e. The molecular weight excluding hydrogens is 366 g/mol. The highest BCUT2D eigenvalue weighted by atomic mass is 19.1. The van der Waals surface area contributed by atoms with Crippen molar-refractivity contribution in [1.29, 1.82) is 0 Å². The summed E-state index contributed by atoms with van der Waals surface area (Å²) in [7, 11) is 0. The molecule has 4 atom stereocenters. The molecule has 0 saturated carbocycles. The van der Waals surface area contributed by atoms with Crippen molar-refractivity contribution >= 4 is 5.91 Å². The van der Waals surface area contributed by atoms with Crippen molar-refractivity contribution in [2.45, 2.75) is 44.1 Å². The third-order valence-corrected chi connectivity index (χ3v) is 4.98. The molecule has 1 aliphatic carbocycles. The van der Waals surface area contributed by atoms with E-state index in [1.807, 2.05) is 24.3 Å². The number of hydrogen-bond donors (Lipinski definition) is 4. The molecule has 2 aromatic rings. The Kier molecular flexibility index (Phi) is 6.39. The molecule has 2 aromatic carbocycles. The van der Waals surface area contributed by atoms with Crippen molar-refractivity contribution in [3.05, 3.63) is 70.8 Å². The first-order valence-electron chi connectivity index (χ1n) is 9.23. The van der Waals surface area contributed by atoms with Crippen molar-refractivity contribution < 1.29 is 23.8 Å². The molecule has 1 amide bonds. The van der Waals surface area contributed by atoms with E-state index in [1.54, 1.807) is 0 Å². The number of carbonyl (C=O) groups excluding carboxylic acids is 1. The molecule has 0 spiro atoms. The SMILES string of the molecule is CC(=O)N[C@@H](Cc1cc(F)cc(F)c1)[C@H](O)CN[C@@H]1c2ccccc2C[C@@H]1O. The van der Waals surface area contributed by atoms with Crippen molar-refractivity contribution in [3.8, 4) is 0 Å². The molecule has 0 saturated heterocycles. The van der Waals surface area contributed by atoms with Crippen molar-refractivity contribution in [2.24, 2.45) is 0 Å². The first-order chi connectivity index (χ1) is 13.3. The average molecular weight is 390 g/mol. The smallest absolute Gasteiger partial charge is 0.217 e. The molecule has 28 heavy (non-hydrogen) atoms. The van der Waals surface area contributed by atoms with E-state index in [4.69, 9.17) is 0 Å². The zero-order valence-corrected chi connectivity index (χ0v) is 15.5. The van der Waals surface area contributed by atoms with Crippen LogP contribution in [0.5, 0.6) is 0 Å². The minimum atomic E-state index is -1.02. The third kappa shape index (κ3) is 4.92. The van der Waals surface area contributed by atoms with Crippen LogP contribution >= 0.6 is 0 Å². The number of hydrogen-bond acceptors (Lipinski definition) is 4. The number of carbonyl (C=O) groups is 1. The number of amides is 1. The monoisotopic (exact) mass is 390 g/mol. The Morgan fingerprint density at radius 1 is 1.21 bits per heavy atom. The fourth-order valence-electron chi connectivity index (χ4n) is 3.74. The van der Waals surface area contributed by atoms with Gasteiger partial charge in [0, 0.05) is 26.0 Å². The van der Waals surface area contributed by atoms with E-state index in [-0.39, 0.29) is 24.9 Å². The maximum absolute atomic E-state index is 13.4. The summed E-state index contributed by atoms with van der Waals surface area (Å²) in [4.78, 5) is 11.5. The number of aliphatic hydroxyl groups is 2. The van der Waals surface area contributed by atoms with Crippen LogP contribution in [0.1, 0.15) is 29.7 Å². The van der Waals surface area contributed by atoms with Gasteiger partial charge in [-0.15, -0.1) is 0 Å². The van der Waals surface area contributed by atoms with Gasteiger partial charge in [0.05, 0.1) is 24.3 Å². The first kappa shape index (κ1) is 20.4. The lowest BCUT2D eigenvalue weighted by molar-refractivity contribution is -0.120. The normalized spacial score (nSPS) is 20.5. The number of nitrogens with one attached hydrogen (secondary N) is 2. The molecule has 3 rings (SSSR count). The fourth-order valence-corrected chi connectivity index (χ4v) is 3.74. The molecule has 1 aliphatic rings. The van der Waals surface area contributed by atoms with E-state index in [0.717, 1.165) is 17.2 Å². The average Bonchev–Trinajstić information content (AvgIpc) is 2.93. The number of benzene rings is 2. The number of halogens is 2. The zero-order chi connectivity index (χ0) is 20.3. The number of fused-ring (bicyclic) bond motifs is 1. The lowest BCUT2D eigenvalue weighted by atomic mass is 10.00. The van der Waals surface area contributed by atoms with Crippen LogP contribution in [0, 0.1) is 11.6 Å². The summed E-state index contributed by atoms with van der Waals surface area (Å²) in [6.07, 6.45) is -1.03. The Labute approximate surface area is 162 Å². The Bertz CT molecular complexity index is 826. The highest BCUT2D eigenvalue weighted by molar-refractivity contribution is 5.73. The molecule has 0 bridgehead atoms. The number of rotatable bonds is 7. The topological polar surface area (TPSA) is 81.6 Å². The summed E-state index contributed by atoms with van der Waals surface area (Å²) < 4.78 is 26.9. The molecule has 0 radical (unpaired) electrons. The standard InChI is InChI=1S/C21H24F2N2O3/c1-12(26)25-18(8-13-6-15(22)10-16(23)7-13)20(28)11-24-21-17-5-3-2-4-14(17)9-19(21)27/h2-7,10,18-21,24,27-28H,8-9,11H2,1H3,(H,25,26)/t18-,19-,20+,21+/m0/s1. The lowest BCUT2D eigenvalue weighted by Gasteiger charge is -2.26. The Morgan fingerprint density at radius 3 is 2.57 bits per heavy atom. The molecule has 0 fully saturated rings. The van der Waals surface area contributed by atoms with Crippen LogP contribution in [0.25, 0.3) is 0 Å². The summed E-state index contributed by atoms with van der Waals surface area (Å²) in [6, 6.07) is 9.74. The van der Waals surface area contributed by atoms with Gasteiger partial charge in [-0.05, 0) is 35.2 Å². The van der Waals surface area contributed by atoms with Crippen LogP contribution in [-0.4, -0.2) is 40.9 Å². The maximum atomic E-state index is 13.4. The summed E-state index contributed by atoms with van der Waals surface area (Å²) in [5.74, 6) is -1.78. The van der Waals surface area contributed by atoms with Crippen LogP contribution in [0.2, 0.25) is 0 Å². The predicted octanol–water partition coefficient (Wildman–Crippen LogP) is 1.62. The van der Waals surface area contributed by atoms with Gasteiger partial charge in [-0.3, -0.25) is 4.79 Å². The van der Waals surface area contributed by atoms with Crippen molar-refractivity contribution in [2.75, 3.05) is 6.54 Å². The van der Waals surface area contributed by atoms with Crippen molar-refractivity contribution in [1.82, 2.24) is 10.6 Å². The second kappa shape index (κ2) is 8.77. The highest BCUT2D eigenvalue weighted by Crippen LogP contribution is 2.31. The molecule has 0 aromatic heterocycles. The lowest BCUT2D eigenvalue weighted by Crippen LogP contribution is -2.49. The van der Waals surface area contributed by atoms with Gasteiger partial charge in [0.2, 0.25) is 5.91 Å². The molecule has 150 valence electrons. The summed E-state index contributed by atoms with van der Waals surface area (Å²) in [5, 5.41) is 26.7. The number of aliphatic hydroxyl groups excluding tert-OH is 2. The van der Waals surface area contributed by atoms with Crippen LogP contribution in [-0.2, 0) is 17.6 Å².